The Kier molecular flexibility index (Phi) is 7.93. The monoisotopic (exact) mass is 804 g/mol. The molecule has 0 bridgehead atoms. The van der Waals surface area contributed by atoms with Gasteiger partial charge in [0.25, 0.3) is 0 Å². The fourth-order valence-electron chi connectivity index (χ4n) is 9.14. The molecule has 0 N–H and O–H groups in total. The highest BCUT2D eigenvalue weighted by molar-refractivity contribution is 7.27. The molecule has 9 aromatic carbocycles. The molecule has 0 saturated carbocycles. The molecule has 3 heterocycles. The topological polar surface area (TPSA) is 24.9 Å². The normalized spacial score (nSPS) is 13.0. The van der Waals surface area contributed by atoms with Crippen molar-refractivity contribution in [1.82, 2.24) is 0 Å². The van der Waals surface area contributed by atoms with Crippen LogP contribution in [0.3, 0.4) is 0 Å². The number of rotatable bonds is 4. The number of fused-ring (bicyclic) bond motifs is 9. The van der Waals surface area contributed by atoms with E-state index in [9.17, 15) is 0 Å². The minimum absolute atomic E-state index is 0.0572. The molecular formula is C56H40N2O2S. The molecule has 0 fully saturated rings. The molecule has 0 unspecified atom stereocenters. The fraction of sp³-hybridized carbons (Fsp3) is 0.0714. The lowest BCUT2D eigenvalue weighted by molar-refractivity contribution is 0.477. The first-order chi connectivity index (χ1) is 29.9. The number of thiophene rings is 1. The molecule has 0 radical (unpaired) electrons. The summed E-state index contributed by atoms with van der Waals surface area (Å²) in [7, 11) is 0. The predicted octanol–water partition coefficient (Wildman–Crippen LogP) is 17.0. The second-order valence-electron chi connectivity index (χ2n) is 16.9. The lowest BCUT2D eigenvalue weighted by Crippen LogP contribution is -2.15. The number of anilines is 6. The van der Waals surface area contributed by atoms with Gasteiger partial charge in [-0.2, -0.15) is 0 Å². The van der Waals surface area contributed by atoms with E-state index in [0.29, 0.717) is 0 Å². The lowest BCUT2D eigenvalue weighted by Gasteiger charge is -2.32. The van der Waals surface area contributed by atoms with Gasteiger partial charge in [-0.25, -0.2) is 0 Å². The van der Waals surface area contributed by atoms with Gasteiger partial charge in [0.1, 0.15) is 0 Å². The van der Waals surface area contributed by atoms with Crippen LogP contribution in [0.4, 0.5) is 34.1 Å². The van der Waals surface area contributed by atoms with Gasteiger partial charge in [0.05, 0.1) is 22.7 Å². The second-order valence-corrected chi connectivity index (χ2v) is 18.0. The Morgan fingerprint density at radius 2 is 0.836 bits per heavy atom. The van der Waals surface area contributed by atoms with Gasteiger partial charge >= 0.3 is 0 Å². The number of benzene rings is 9. The highest BCUT2D eigenvalue weighted by Gasteiger charge is 2.28. The summed E-state index contributed by atoms with van der Waals surface area (Å²) < 4.78 is 15.3. The molecule has 61 heavy (non-hydrogen) atoms. The highest BCUT2D eigenvalue weighted by Crippen LogP contribution is 2.53. The number of para-hydroxylation sites is 8. The zero-order valence-corrected chi connectivity index (χ0v) is 34.8. The van der Waals surface area contributed by atoms with Crippen molar-refractivity contribution in [2.24, 2.45) is 0 Å². The minimum atomic E-state index is -0.0572. The first-order valence-electron chi connectivity index (χ1n) is 20.8. The molecule has 0 spiro atoms. The van der Waals surface area contributed by atoms with Crippen molar-refractivity contribution < 1.29 is 9.47 Å². The van der Waals surface area contributed by atoms with Crippen molar-refractivity contribution in [3.05, 3.63) is 194 Å². The van der Waals surface area contributed by atoms with E-state index < -0.39 is 0 Å². The second kappa shape index (κ2) is 13.6. The van der Waals surface area contributed by atoms with Crippen LogP contribution in [0.25, 0.3) is 53.2 Å². The third-order valence-corrected chi connectivity index (χ3v) is 13.4. The maximum Gasteiger partial charge on any atom is 0.151 e. The van der Waals surface area contributed by atoms with Gasteiger partial charge in [0, 0.05) is 37.1 Å². The van der Waals surface area contributed by atoms with Crippen molar-refractivity contribution in [3.8, 4) is 45.3 Å². The minimum Gasteiger partial charge on any atom is -0.453 e. The fourth-order valence-corrected chi connectivity index (χ4v) is 10.5. The average Bonchev–Trinajstić information content (AvgIpc) is 3.69. The Morgan fingerprint density at radius 1 is 0.410 bits per heavy atom. The van der Waals surface area contributed by atoms with Gasteiger partial charge in [-0.1, -0.05) is 118 Å². The Morgan fingerprint density at radius 3 is 1.31 bits per heavy atom. The maximum absolute atomic E-state index is 6.33. The molecule has 2 aliphatic heterocycles. The van der Waals surface area contributed by atoms with E-state index in [0.717, 1.165) is 57.1 Å². The molecule has 5 heteroatoms. The van der Waals surface area contributed by atoms with E-state index in [1.165, 1.54) is 58.8 Å². The molecule has 0 amide bonds. The van der Waals surface area contributed by atoms with E-state index in [4.69, 9.17) is 9.47 Å². The summed E-state index contributed by atoms with van der Waals surface area (Å²) in [6.45, 7) is 6.96. The molecule has 4 nitrogen and oxygen atoms in total. The molecule has 12 rings (SSSR count). The van der Waals surface area contributed by atoms with Crippen LogP contribution in [0, 0.1) is 0 Å². The molecule has 0 saturated heterocycles. The van der Waals surface area contributed by atoms with Crippen LogP contribution in [0.2, 0.25) is 0 Å². The zero-order valence-electron chi connectivity index (χ0n) is 34.0. The van der Waals surface area contributed by atoms with E-state index in [2.05, 4.69) is 170 Å². The number of hydrogen-bond donors (Lipinski definition) is 0. The summed E-state index contributed by atoms with van der Waals surface area (Å²) in [6, 6.07) is 67.4. The third-order valence-electron chi connectivity index (χ3n) is 12.2. The van der Waals surface area contributed by atoms with E-state index in [1.807, 2.05) is 59.9 Å². The molecule has 10 aromatic rings. The van der Waals surface area contributed by atoms with Crippen LogP contribution < -0.4 is 19.3 Å². The van der Waals surface area contributed by atoms with Crippen LogP contribution in [0.15, 0.2) is 188 Å². The van der Waals surface area contributed by atoms with Crippen molar-refractivity contribution >= 4 is 76.4 Å². The quantitative estimate of drug-likeness (QED) is 0.177. The molecule has 292 valence electrons. The van der Waals surface area contributed by atoms with Gasteiger partial charge in [0.15, 0.2) is 23.0 Å². The summed E-state index contributed by atoms with van der Waals surface area (Å²) >= 11 is 1.91. The number of hydrogen-bond acceptors (Lipinski definition) is 5. The Labute approximate surface area is 359 Å². The molecule has 0 aliphatic carbocycles. The van der Waals surface area contributed by atoms with Crippen LogP contribution in [0.1, 0.15) is 26.3 Å². The van der Waals surface area contributed by atoms with Crippen LogP contribution >= 0.6 is 11.3 Å². The van der Waals surface area contributed by atoms with Crippen LogP contribution in [-0.4, -0.2) is 0 Å². The summed E-state index contributed by atoms with van der Waals surface area (Å²) in [4.78, 5) is 4.61. The number of nitrogens with zero attached hydrogens (tertiary/aromatic N) is 2. The van der Waals surface area contributed by atoms with Gasteiger partial charge in [-0.05, 0) is 129 Å². The summed E-state index contributed by atoms with van der Waals surface area (Å²) in [5, 5.41) is 5.14. The number of ether oxygens (including phenoxy) is 2. The average molecular weight is 805 g/mol. The third kappa shape index (κ3) is 5.72. The first kappa shape index (κ1) is 35.6. The highest BCUT2D eigenvalue weighted by atomic mass is 32.1. The van der Waals surface area contributed by atoms with E-state index >= 15 is 0 Å². The van der Waals surface area contributed by atoms with Crippen molar-refractivity contribution in [1.29, 1.82) is 0 Å². The first-order valence-corrected chi connectivity index (χ1v) is 21.6. The van der Waals surface area contributed by atoms with Gasteiger partial charge < -0.3 is 19.3 Å². The molecule has 0 atom stereocenters. The largest absolute Gasteiger partial charge is 0.453 e. The maximum atomic E-state index is 6.33. The smallest absolute Gasteiger partial charge is 0.151 e. The Balaban J connectivity index is 1.02. The Bertz CT molecular complexity index is 3270. The van der Waals surface area contributed by atoms with Gasteiger partial charge in [-0.3, -0.25) is 0 Å². The molecular weight excluding hydrogens is 765 g/mol. The van der Waals surface area contributed by atoms with Crippen LogP contribution in [-0.2, 0) is 5.41 Å². The van der Waals surface area contributed by atoms with Gasteiger partial charge in [-0.15, -0.1) is 11.3 Å². The van der Waals surface area contributed by atoms with Crippen LogP contribution in [0.5, 0.6) is 23.0 Å². The standard InChI is InChI=1S/C56H40N2O2S/c1-56(2,3)38-33-43(36-26-30-40(31-27-36)58-47-18-8-12-22-51(47)60-52-23-13-9-19-48(52)58)54-44(34-38)53-41-15-5-4-14-37(41)32-42(55(53)61-54)35-24-28-39(29-25-35)57-45-16-6-10-20-49(45)59-50-21-11-7-17-46(50)57/h4-34H,1-3H3. The van der Waals surface area contributed by atoms with Crippen molar-refractivity contribution in [3.63, 3.8) is 0 Å². The van der Waals surface area contributed by atoms with E-state index in [-0.39, 0.29) is 5.41 Å². The van der Waals surface area contributed by atoms with Crippen molar-refractivity contribution in [2.45, 2.75) is 26.2 Å². The summed E-state index contributed by atoms with van der Waals surface area (Å²) in [5.41, 5.74) is 12.4. The van der Waals surface area contributed by atoms with Gasteiger partial charge in [0.2, 0.25) is 0 Å². The predicted molar refractivity (Wildman–Crippen MR) is 256 cm³/mol. The Hall–Kier alpha value is -7.34. The molecule has 2 aliphatic rings. The summed E-state index contributed by atoms with van der Waals surface area (Å²) in [6.07, 6.45) is 0. The van der Waals surface area contributed by atoms with E-state index in [1.54, 1.807) is 0 Å². The summed E-state index contributed by atoms with van der Waals surface area (Å²) in [5.74, 6) is 3.40. The SMILES string of the molecule is CC(C)(C)c1cc(-c2ccc(N3c4ccccc4Oc4ccccc43)cc2)c2sc3c(-c4ccc(N5c6ccccc6Oc6ccccc65)cc4)cc4ccccc4c3c2c1. The lowest BCUT2D eigenvalue weighted by atomic mass is 9.84. The zero-order chi connectivity index (χ0) is 40.8. The molecule has 1 aromatic heterocycles. The van der Waals surface area contributed by atoms with Crippen molar-refractivity contribution in [2.75, 3.05) is 9.80 Å².